The maximum atomic E-state index is 10.4. The SMILES string of the molecule is CCOc1cccc(NCCNC(N)=O)n1. The summed E-state index contributed by atoms with van der Waals surface area (Å²) < 4.78 is 5.25. The van der Waals surface area contributed by atoms with Crippen molar-refractivity contribution in [2.45, 2.75) is 6.92 Å². The molecule has 1 aromatic rings. The molecular weight excluding hydrogens is 208 g/mol. The number of carbonyl (C=O) groups is 1. The Balaban J connectivity index is 2.35. The van der Waals surface area contributed by atoms with Crippen LogP contribution in [-0.4, -0.2) is 30.7 Å². The van der Waals surface area contributed by atoms with Gasteiger partial charge in [0.1, 0.15) is 5.82 Å². The molecule has 0 atom stereocenters. The van der Waals surface area contributed by atoms with E-state index < -0.39 is 6.03 Å². The number of primary amides is 1. The lowest BCUT2D eigenvalue weighted by atomic mass is 10.4. The molecule has 0 aliphatic carbocycles. The number of hydrogen-bond donors (Lipinski definition) is 3. The van der Waals surface area contributed by atoms with Gasteiger partial charge in [-0.15, -0.1) is 0 Å². The van der Waals surface area contributed by atoms with E-state index in [9.17, 15) is 4.79 Å². The number of aromatic nitrogens is 1. The largest absolute Gasteiger partial charge is 0.478 e. The summed E-state index contributed by atoms with van der Waals surface area (Å²) in [4.78, 5) is 14.6. The fraction of sp³-hybridized carbons (Fsp3) is 0.400. The molecule has 0 aliphatic heterocycles. The summed E-state index contributed by atoms with van der Waals surface area (Å²) in [5.74, 6) is 1.28. The monoisotopic (exact) mass is 224 g/mol. The zero-order valence-electron chi connectivity index (χ0n) is 9.19. The van der Waals surface area contributed by atoms with E-state index in [-0.39, 0.29) is 0 Å². The summed E-state index contributed by atoms with van der Waals surface area (Å²) in [6, 6.07) is 4.93. The van der Waals surface area contributed by atoms with Crippen molar-refractivity contribution in [1.29, 1.82) is 0 Å². The molecule has 0 bridgehead atoms. The van der Waals surface area contributed by atoms with Gasteiger partial charge < -0.3 is 21.1 Å². The Kier molecular flexibility index (Phi) is 4.91. The van der Waals surface area contributed by atoms with Gasteiger partial charge in [0.2, 0.25) is 5.88 Å². The van der Waals surface area contributed by atoms with Gasteiger partial charge in [0, 0.05) is 19.2 Å². The number of amides is 2. The average Bonchev–Trinajstić information content (AvgIpc) is 2.25. The van der Waals surface area contributed by atoms with Crippen LogP contribution in [0.2, 0.25) is 0 Å². The highest BCUT2D eigenvalue weighted by molar-refractivity contribution is 5.71. The quantitative estimate of drug-likeness (QED) is 0.616. The van der Waals surface area contributed by atoms with Crippen LogP contribution in [0.5, 0.6) is 5.88 Å². The Morgan fingerprint density at radius 1 is 1.50 bits per heavy atom. The van der Waals surface area contributed by atoms with Crippen LogP contribution in [0.25, 0.3) is 0 Å². The van der Waals surface area contributed by atoms with Crippen LogP contribution in [0, 0.1) is 0 Å². The first-order valence-corrected chi connectivity index (χ1v) is 5.09. The molecule has 2 amide bonds. The number of nitrogens with zero attached hydrogens (tertiary/aromatic N) is 1. The molecule has 6 nitrogen and oxygen atoms in total. The van der Waals surface area contributed by atoms with Crippen molar-refractivity contribution in [2.75, 3.05) is 25.0 Å². The van der Waals surface area contributed by atoms with Crippen molar-refractivity contribution in [3.8, 4) is 5.88 Å². The van der Waals surface area contributed by atoms with Crippen molar-refractivity contribution in [3.63, 3.8) is 0 Å². The fourth-order valence-corrected chi connectivity index (χ4v) is 1.12. The Morgan fingerprint density at radius 3 is 3.00 bits per heavy atom. The molecule has 1 rings (SSSR count). The summed E-state index contributed by atoms with van der Waals surface area (Å²) >= 11 is 0. The maximum Gasteiger partial charge on any atom is 0.312 e. The van der Waals surface area contributed by atoms with Crippen LogP contribution in [0.3, 0.4) is 0 Å². The second-order valence-electron chi connectivity index (χ2n) is 3.01. The summed E-state index contributed by atoms with van der Waals surface area (Å²) in [7, 11) is 0. The molecular formula is C10H16N4O2. The number of anilines is 1. The van der Waals surface area contributed by atoms with Crippen molar-refractivity contribution in [3.05, 3.63) is 18.2 Å². The van der Waals surface area contributed by atoms with E-state index in [2.05, 4.69) is 15.6 Å². The number of ether oxygens (including phenoxy) is 1. The lowest BCUT2D eigenvalue weighted by Crippen LogP contribution is -2.33. The highest BCUT2D eigenvalue weighted by atomic mass is 16.5. The summed E-state index contributed by atoms with van der Waals surface area (Å²) in [6.45, 7) is 3.50. The van der Waals surface area contributed by atoms with E-state index in [1.807, 2.05) is 19.1 Å². The molecule has 4 N–H and O–H groups in total. The van der Waals surface area contributed by atoms with Gasteiger partial charge in [0.15, 0.2) is 0 Å². The third-order valence-corrected chi connectivity index (χ3v) is 1.75. The molecule has 16 heavy (non-hydrogen) atoms. The first kappa shape index (κ1) is 12.1. The van der Waals surface area contributed by atoms with Crippen LogP contribution in [0.1, 0.15) is 6.92 Å². The lowest BCUT2D eigenvalue weighted by Gasteiger charge is -2.07. The predicted octanol–water partition coefficient (Wildman–Crippen LogP) is 0.560. The zero-order chi connectivity index (χ0) is 11.8. The molecule has 0 radical (unpaired) electrons. The fourth-order valence-electron chi connectivity index (χ4n) is 1.12. The molecule has 1 aromatic heterocycles. The van der Waals surface area contributed by atoms with Gasteiger partial charge in [0.05, 0.1) is 6.61 Å². The molecule has 0 fully saturated rings. The van der Waals surface area contributed by atoms with Gasteiger partial charge in [-0.3, -0.25) is 0 Å². The third-order valence-electron chi connectivity index (χ3n) is 1.75. The Hall–Kier alpha value is -1.98. The van der Waals surface area contributed by atoms with Crippen molar-refractivity contribution < 1.29 is 9.53 Å². The second-order valence-corrected chi connectivity index (χ2v) is 3.01. The number of pyridine rings is 1. The number of nitrogens with one attached hydrogen (secondary N) is 2. The first-order valence-electron chi connectivity index (χ1n) is 5.09. The molecule has 6 heteroatoms. The minimum atomic E-state index is -0.530. The molecule has 0 aliphatic rings. The van der Waals surface area contributed by atoms with E-state index in [0.717, 1.165) is 0 Å². The van der Waals surface area contributed by atoms with E-state index in [4.69, 9.17) is 10.5 Å². The van der Waals surface area contributed by atoms with E-state index in [0.29, 0.717) is 31.4 Å². The van der Waals surface area contributed by atoms with E-state index in [1.54, 1.807) is 6.07 Å². The summed E-state index contributed by atoms with van der Waals surface area (Å²) in [5.41, 5.74) is 4.92. The topological polar surface area (TPSA) is 89.3 Å². The van der Waals surface area contributed by atoms with Crippen LogP contribution >= 0.6 is 0 Å². The molecule has 0 aromatic carbocycles. The van der Waals surface area contributed by atoms with Gasteiger partial charge in [0.25, 0.3) is 0 Å². The van der Waals surface area contributed by atoms with Gasteiger partial charge in [-0.25, -0.2) is 4.79 Å². The Bertz CT molecular complexity index is 343. The highest BCUT2D eigenvalue weighted by Gasteiger charge is 1.97. The minimum absolute atomic E-state index is 0.454. The van der Waals surface area contributed by atoms with Crippen LogP contribution in [0.15, 0.2) is 18.2 Å². The van der Waals surface area contributed by atoms with Gasteiger partial charge >= 0.3 is 6.03 Å². The number of rotatable bonds is 6. The molecule has 0 unspecified atom stereocenters. The number of nitrogens with two attached hydrogens (primary N) is 1. The third kappa shape index (κ3) is 4.50. The van der Waals surface area contributed by atoms with Crippen molar-refractivity contribution >= 4 is 11.8 Å². The second kappa shape index (κ2) is 6.49. The van der Waals surface area contributed by atoms with Crippen molar-refractivity contribution in [2.24, 2.45) is 5.73 Å². The highest BCUT2D eigenvalue weighted by Crippen LogP contribution is 2.10. The molecule has 88 valence electrons. The van der Waals surface area contributed by atoms with E-state index >= 15 is 0 Å². The normalized spacial score (nSPS) is 9.56. The summed E-state index contributed by atoms with van der Waals surface area (Å²) in [6.07, 6.45) is 0. The smallest absolute Gasteiger partial charge is 0.312 e. The van der Waals surface area contributed by atoms with Gasteiger partial charge in [-0.05, 0) is 13.0 Å². The summed E-state index contributed by atoms with van der Waals surface area (Å²) in [5, 5.41) is 5.51. The molecule has 1 heterocycles. The standard InChI is InChI=1S/C10H16N4O2/c1-2-16-9-5-3-4-8(14-9)12-6-7-13-10(11)15/h3-5H,2,6-7H2,1H3,(H,12,14)(H3,11,13,15). The van der Waals surface area contributed by atoms with Crippen molar-refractivity contribution in [1.82, 2.24) is 10.3 Å². The average molecular weight is 224 g/mol. The minimum Gasteiger partial charge on any atom is -0.478 e. The molecule has 0 spiro atoms. The molecule has 0 saturated heterocycles. The Morgan fingerprint density at radius 2 is 2.31 bits per heavy atom. The van der Waals surface area contributed by atoms with Crippen LogP contribution in [-0.2, 0) is 0 Å². The number of hydrogen-bond acceptors (Lipinski definition) is 4. The Labute approximate surface area is 94.2 Å². The lowest BCUT2D eigenvalue weighted by molar-refractivity contribution is 0.249. The van der Waals surface area contributed by atoms with Crippen LogP contribution < -0.4 is 21.1 Å². The zero-order valence-corrected chi connectivity index (χ0v) is 9.19. The predicted molar refractivity (Wildman–Crippen MR) is 61.5 cm³/mol. The number of carbonyl (C=O) groups excluding carboxylic acids is 1. The first-order chi connectivity index (χ1) is 7.72. The van der Waals surface area contributed by atoms with Gasteiger partial charge in [-0.1, -0.05) is 6.07 Å². The van der Waals surface area contributed by atoms with Crippen LogP contribution in [0.4, 0.5) is 10.6 Å². The van der Waals surface area contributed by atoms with Gasteiger partial charge in [-0.2, -0.15) is 4.98 Å². The van der Waals surface area contributed by atoms with E-state index in [1.165, 1.54) is 0 Å². The number of urea groups is 1. The maximum absolute atomic E-state index is 10.4. The molecule has 0 saturated carbocycles.